The molecule has 80 valence electrons. The maximum absolute atomic E-state index is 6.26. The van der Waals surface area contributed by atoms with E-state index in [0.29, 0.717) is 6.54 Å². The summed E-state index contributed by atoms with van der Waals surface area (Å²) in [5.74, 6) is 2.61. The van der Waals surface area contributed by atoms with Crippen LogP contribution in [0.25, 0.3) is 0 Å². The van der Waals surface area contributed by atoms with Crippen molar-refractivity contribution in [2.75, 3.05) is 20.1 Å². The number of likely N-dealkylation sites (N-methyl/N-ethyl adjacent to an activating group) is 1. The van der Waals surface area contributed by atoms with Crippen LogP contribution in [-0.4, -0.2) is 25.0 Å². The molecule has 0 radical (unpaired) electrons. The Hall–Kier alpha value is -1.30. The summed E-state index contributed by atoms with van der Waals surface area (Å²) < 4.78 is 0. The fraction of sp³-hybridized carbons (Fsp3) is 0.385. The monoisotopic (exact) mass is 202 g/mol. The third-order valence-electron chi connectivity index (χ3n) is 2.39. The SMILES string of the molecule is C#CCN(C)CC(C)(N)c1ccccc1. The molecular weight excluding hydrogens is 184 g/mol. The highest BCUT2D eigenvalue weighted by molar-refractivity contribution is 5.23. The topological polar surface area (TPSA) is 29.3 Å². The Morgan fingerprint density at radius 1 is 1.40 bits per heavy atom. The van der Waals surface area contributed by atoms with Gasteiger partial charge in [0.15, 0.2) is 0 Å². The molecule has 15 heavy (non-hydrogen) atoms. The molecule has 1 rings (SSSR count). The molecule has 1 aromatic carbocycles. The van der Waals surface area contributed by atoms with Crippen LogP contribution in [0.15, 0.2) is 30.3 Å². The van der Waals surface area contributed by atoms with E-state index in [0.717, 1.165) is 12.1 Å². The second kappa shape index (κ2) is 4.97. The molecule has 0 aliphatic heterocycles. The number of rotatable bonds is 4. The Morgan fingerprint density at radius 3 is 2.53 bits per heavy atom. The van der Waals surface area contributed by atoms with Gasteiger partial charge in [-0.2, -0.15) is 0 Å². The van der Waals surface area contributed by atoms with Gasteiger partial charge in [-0.05, 0) is 19.5 Å². The Morgan fingerprint density at radius 2 is 2.00 bits per heavy atom. The van der Waals surface area contributed by atoms with Gasteiger partial charge in [-0.3, -0.25) is 4.90 Å². The van der Waals surface area contributed by atoms with Crippen molar-refractivity contribution in [3.63, 3.8) is 0 Å². The van der Waals surface area contributed by atoms with Crippen LogP contribution < -0.4 is 5.73 Å². The van der Waals surface area contributed by atoms with Crippen LogP contribution in [-0.2, 0) is 5.54 Å². The Bertz CT molecular complexity index is 335. The van der Waals surface area contributed by atoms with Crippen molar-refractivity contribution in [1.82, 2.24) is 4.90 Å². The zero-order chi connectivity index (χ0) is 11.3. The second-order valence-corrected chi connectivity index (χ2v) is 4.16. The molecule has 1 unspecified atom stereocenters. The lowest BCUT2D eigenvalue weighted by molar-refractivity contribution is 0.284. The number of hydrogen-bond acceptors (Lipinski definition) is 2. The molecule has 0 aromatic heterocycles. The first-order valence-electron chi connectivity index (χ1n) is 5.02. The van der Waals surface area contributed by atoms with Gasteiger partial charge in [0.2, 0.25) is 0 Å². The lowest BCUT2D eigenvalue weighted by atomic mass is 9.93. The molecule has 2 nitrogen and oxygen atoms in total. The highest BCUT2D eigenvalue weighted by Crippen LogP contribution is 2.17. The van der Waals surface area contributed by atoms with Crippen molar-refractivity contribution in [3.05, 3.63) is 35.9 Å². The first-order chi connectivity index (χ1) is 7.06. The highest BCUT2D eigenvalue weighted by Gasteiger charge is 2.22. The van der Waals surface area contributed by atoms with E-state index in [1.807, 2.05) is 49.2 Å². The van der Waals surface area contributed by atoms with Gasteiger partial charge in [-0.15, -0.1) is 6.42 Å². The number of terminal acetylenes is 1. The smallest absolute Gasteiger partial charge is 0.0597 e. The van der Waals surface area contributed by atoms with Crippen molar-refractivity contribution in [2.45, 2.75) is 12.5 Å². The number of benzene rings is 1. The molecule has 0 bridgehead atoms. The van der Waals surface area contributed by atoms with Gasteiger partial charge in [0.25, 0.3) is 0 Å². The lowest BCUT2D eigenvalue weighted by Crippen LogP contribution is -2.44. The van der Waals surface area contributed by atoms with Gasteiger partial charge in [0, 0.05) is 6.54 Å². The van der Waals surface area contributed by atoms with Crippen LogP contribution in [0.4, 0.5) is 0 Å². The molecule has 0 amide bonds. The summed E-state index contributed by atoms with van der Waals surface area (Å²) >= 11 is 0. The molecule has 2 heteroatoms. The standard InChI is InChI=1S/C13H18N2/c1-4-10-15(3)11-13(2,14)12-8-6-5-7-9-12/h1,5-9H,10-11,14H2,2-3H3. The molecule has 0 aliphatic carbocycles. The Labute approximate surface area is 92.1 Å². The third kappa shape index (κ3) is 3.39. The van der Waals surface area contributed by atoms with Gasteiger partial charge >= 0.3 is 0 Å². The quantitative estimate of drug-likeness (QED) is 0.748. The summed E-state index contributed by atoms with van der Waals surface area (Å²) in [7, 11) is 1.98. The van der Waals surface area contributed by atoms with Crippen molar-refractivity contribution >= 4 is 0 Å². The first-order valence-corrected chi connectivity index (χ1v) is 5.02. The highest BCUT2D eigenvalue weighted by atomic mass is 15.1. The predicted octanol–water partition coefficient (Wildman–Crippen LogP) is 1.43. The maximum Gasteiger partial charge on any atom is 0.0597 e. The molecule has 0 fully saturated rings. The molecule has 1 atom stereocenters. The molecular formula is C13H18N2. The molecule has 1 aromatic rings. The average molecular weight is 202 g/mol. The first kappa shape index (κ1) is 11.8. The van der Waals surface area contributed by atoms with Gasteiger partial charge in [0.1, 0.15) is 0 Å². The summed E-state index contributed by atoms with van der Waals surface area (Å²) in [5.41, 5.74) is 7.04. The van der Waals surface area contributed by atoms with Crippen molar-refractivity contribution in [1.29, 1.82) is 0 Å². The molecule has 0 saturated carbocycles. The minimum absolute atomic E-state index is 0.354. The summed E-state index contributed by atoms with van der Waals surface area (Å²) in [4.78, 5) is 2.05. The fourth-order valence-corrected chi connectivity index (χ4v) is 1.68. The van der Waals surface area contributed by atoms with Gasteiger partial charge in [-0.25, -0.2) is 0 Å². The summed E-state index contributed by atoms with van der Waals surface area (Å²) in [5, 5.41) is 0. The normalized spacial score (nSPS) is 14.6. The van der Waals surface area contributed by atoms with E-state index in [2.05, 4.69) is 5.92 Å². The predicted molar refractivity (Wildman–Crippen MR) is 64.3 cm³/mol. The summed E-state index contributed by atoms with van der Waals surface area (Å²) in [6.45, 7) is 3.40. The number of nitrogens with two attached hydrogens (primary N) is 1. The van der Waals surface area contributed by atoms with Crippen molar-refractivity contribution in [2.24, 2.45) is 5.73 Å². The van der Waals surface area contributed by atoms with Crippen LogP contribution in [0, 0.1) is 12.3 Å². The lowest BCUT2D eigenvalue weighted by Gasteiger charge is -2.29. The van der Waals surface area contributed by atoms with E-state index >= 15 is 0 Å². The number of hydrogen-bond donors (Lipinski definition) is 1. The third-order valence-corrected chi connectivity index (χ3v) is 2.39. The van der Waals surface area contributed by atoms with Crippen LogP contribution in [0.3, 0.4) is 0 Å². The van der Waals surface area contributed by atoms with Crippen LogP contribution in [0.2, 0.25) is 0 Å². The Balaban J connectivity index is 2.72. The van der Waals surface area contributed by atoms with Crippen molar-refractivity contribution < 1.29 is 0 Å². The van der Waals surface area contributed by atoms with Crippen LogP contribution in [0.1, 0.15) is 12.5 Å². The van der Waals surface area contributed by atoms with E-state index in [9.17, 15) is 0 Å². The average Bonchev–Trinajstić information content (AvgIpc) is 2.18. The minimum atomic E-state index is -0.354. The molecule has 0 aliphatic rings. The van der Waals surface area contributed by atoms with E-state index in [4.69, 9.17) is 12.2 Å². The molecule has 2 N–H and O–H groups in total. The second-order valence-electron chi connectivity index (χ2n) is 4.16. The molecule has 0 saturated heterocycles. The van der Waals surface area contributed by atoms with Crippen LogP contribution >= 0.6 is 0 Å². The zero-order valence-corrected chi connectivity index (χ0v) is 9.40. The van der Waals surface area contributed by atoms with Gasteiger partial charge < -0.3 is 5.73 Å². The van der Waals surface area contributed by atoms with E-state index in [1.54, 1.807) is 0 Å². The van der Waals surface area contributed by atoms with Gasteiger partial charge in [0.05, 0.1) is 12.1 Å². The van der Waals surface area contributed by atoms with Crippen molar-refractivity contribution in [3.8, 4) is 12.3 Å². The largest absolute Gasteiger partial charge is 0.321 e. The molecule has 0 heterocycles. The summed E-state index contributed by atoms with van der Waals surface area (Å²) in [6, 6.07) is 10.1. The summed E-state index contributed by atoms with van der Waals surface area (Å²) in [6.07, 6.45) is 5.25. The minimum Gasteiger partial charge on any atom is -0.321 e. The maximum atomic E-state index is 6.26. The molecule has 0 spiro atoms. The zero-order valence-electron chi connectivity index (χ0n) is 9.40. The fourth-order valence-electron chi connectivity index (χ4n) is 1.68. The van der Waals surface area contributed by atoms with Crippen LogP contribution in [0.5, 0.6) is 0 Å². The van der Waals surface area contributed by atoms with Gasteiger partial charge in [-0.1, -0.05) is 36.3 Å². The van der Waals surface area contributed by atoms with E-state index in [-0.39, 0.29) is 5.54 Å². The Kier molecular flexibility index (Phi) is 3.90. The van der Waals surface area contributed by atoms with E-state index < -0.39 is 0 Å². The van der Waals surface area contributed by atoms with E-state index in [1.165, 1.54) is 0 Å². The number of nitrogens with zero attached hydrogens (tertiary/aromatic N) is 1.